The van der Waals surface area contributed by atoms with E-state index < -0.39 is 0 Å². The second-order valence-corrected chi connectivity index (χ2v) is 5.98. The van der Waals surface area contributed by atoms with Crippen molar-refractivity contribution in [3.63, 3.8) is 0 Å². The molecule has 4 heteroatoms. The van der Waals surface area contributed by atoms with Gasteiger partial charge in [0.15, 0.2) is 0 Å². The van der Waals surface area contributed by atoms with Crippen LogP contribution < -0.4 is 5.32 Å². The fourth-order valence-electron chi connectivity index (χ4n) is 2.59. The first-order chi connectivity index (χ1) is 9.22. The molecule has 1 aromatic carbocycles. The van der Waals surface area contributed by atoms with E-state index in [4.69, 9.17) is 4.74 Å². The van der Waals surface area contributed by atoms with E-state index in [9.17, 15) is 4.39 Å². The zero-order chi connectivity index (χ0) is 13.7. The van der Waals surface area contributed by atoms with E-state index in [-0.39, 0.29) is 11.9 Å². The first kappa shape index (κ1) is 14.9. The predicted octanol–water partition coefficient (Wildman–Crippen LogP) is 4.06. The van der Waals surface area contributed by atoms with Crippen molar-refractivity contribution in [3.8, 4) is 0 Å². The molecule has 0 spiro atoms. The largest absolute Gasteiger partial charge is 0.373 e. The zero-order valence-corrected chi connectivity index (χ0v) is 12.9. The Labute approximate surface area is 122 Å². The summed E-state index contributed by atoms with van der Waals surface area (Å²) in [6.07, 6.45) is 3.14. The van der Waals surface area contributed by atoms with Gasteiger partial charge in [0.25, 0.3) is 0 Å². The molecule has 1 heterocycles. The van der Waals surface area contributed by atoms with Gasteiger partial charge in [-0.2, -0.15) is 0 Å². The highest BCUT2D eigenvalue weighted by atomic mass is 79.9. The molecule has 2 nitrogen and oxygen atoms in total. The van der Waals surface area contributed by atoms with Crippen molar-refractivity contribution in [2.45, 2.75) is 32.3 Å². The van der Waals surface area contributed by atoms with E-state index in [0.717, 1.165) is 43.4 Å². The van der Waals surface area contributed by atoms with E-state index in [0.29, 0.717) is 11.5 Å². The molecule has 106 valence electrons. The van der Waals surface area contributed by atoms with Gasteiger partial charge >= 0.3 is 0 Å². The lowest BCUT2D eigenvalue weighted by atomic mass is 9.89. The van der Waals surface area contributed by atoms with Gasteiger partial charge in [-0.1, -0.05) is 22.9 Å². The number of halogens is 2. The summed E-state index contributed by atoms with van der Waals surface area (Å²) in [5.41, 5.74) is 0.678. The van der Waals surface area contributed by atoms with Gasteiger partial charge < -0.3 is 10.1 Å². The molecule has 0 bridgehead atoms. The molecule has 0 aromatic heterocycles. The van der Waals surface area contributed by atoms with Crippen LogP contribution in [0.4, 0.5) is 4.39 Å². The highest BCUT2D eigenvalue weighted by Gasteiger charge is 2.29. The van der Waals surface area contributed by atoms with Gasteiger partial charge in [-0.25, -0.2) is 4.39 Å². The van der Waals surface area contributed by atoms with Gasteiger partial charge in [-0.15, -0.1) is 0 Å². The maximum atomic E-state index is 14.0. The summed E-state index contributed by atoms with van der Waals surface area (Å²) in [7, 11) is 0. The van der Waals surface area contributed by atoms with Gasteiger partial charge in [-0.05, 0) is 44.0 Å². The van der Waals surface area contributed by atoms with Crippen LogP contribution in [0, 0.1) is 11.7 Å². The third kappa shape index (κ3) is 4.01. The molecule has 1 aromatic rings. The molecule has 2 unspecified atom stereocenters. The summed E-state index contributed by atoms with van der Waals surface area (Å²) in [5.74, 6) is 0.180. The first-order valence-electron chi connectivity index (χ1n) is 6.99. The van der Waals surface area contributed by atoms with Crippen LogP contribution >= 0.6 is 15.9 Å². The normalized spacial score (nSPS) is 23.5. The Kier molecular flexibility index (Phi) is 5.79. The fraction of sp³-hybridized carbons (Fsp3) is 0.600. The molecule has 0 amide bonds. The molecule has 0 radical (unpaired) electrons. The van der Waals surface area contributed by atoms with Crippen LogP contribution in [0.1, 0.15) is 37.9 Å². The van der Waals surface area contributed by atoms with Gasteiger partial charge in [-0.3, -0.25) is 0 Å². The quantitative estimate of drug-likeness (QED) is 0.822. The van der Waals surface area contributed by atoms with Crippen molar-refractivity contribution in [1.29, 1.82) is 0 Å². The van der Waals surface area contributed by atoms with Crippen LogP contribution in [0.15, 0.2) is 22.7 Å². The molecular weight excluding hydrogens is 309 g/mol. The van der Waals surface area contributed by atoms with Gasteiger partial charge in [0.2, 0.25) is 0 Å². The lowest BCUT2D eigenvalue weighted by molar-refractivity contribution is -0.0296. The van der Waals surface area contributed by atoms with Crippen LogP contribution in [0.25, 0.3) is 0 Å². The number of ether oxygens (including phenoxy) is 1. The molecular formula is C15H21BrFNO. The van der Waals surface area contributed by atoms with Crippen molar-refractivity contribution in [2.24, 2.45) is 5.92 Å². The molecule has 2 rings (SSSR count). The number of hydrogen-bond donors (Lipinski definition) is 1. The summed E-state index contributed by atoms with van der Waals surface area (Å²) in [5, 5.41) is 3.42. The van der Waals surface area contributed by atoms with E-state index in [1.54, 1.807) is 6.07 Å². The topological polar surface area (TPSA) is 21.3 Å². The van der Waals surface area contributed by atoms with Crippen LogP contribution in [0.2, 0.25) is 0 Å². The fourth-order valence-corrected chi connectivity index (χ4v) is 2.97. The van der Waals surface area contributed by atoms with Crippen LogP contribution in [-0.2, 0) is 4.74 Å². The lowest BCUT2D eigenvalue weighted by Gasteiger charge is -2.32. The Morgan fingerprint density at radius 1 is 1.47 bits per heavy atom. The Hall–Kier alpha value is -0.450. The molecule has 1 aliphatic heterocycles. The molecule has 1 N–H and O–H groups in total. The zero-order valence-electron chi connectivity index (χ0n) is 11.3. The molecule has 2 atom stereocenters. The monoisotopic (exact) mass is 329 g/mol. The van der Waals surface area contributed by atoms with Crippen LogP contribution in [0.5, 0.6) is 0 Å². The Bertz CT molecular complexity index is 413. The number of nitrogens with one attached hydrogen (secondary N) is 1. The van der Waals surface area contributed by atoms with E-state index >= 15 is 0 Å². The van der Waals surface area contributed by atoms with Gasteiger partial charge in [0.05, 0.1) is 6.10 Å². The third-order valence-electron chi connectivity index (χ3n) is 3.54. The van der Waals surface area contributed by atoms with E-state index in [1.807, 2.05) is 6.07 Å². The van der Waals surface area contributed by atoms with Crippen LogP contribution in [0.3, 0.4) is 0 Å². The maximum absolute atomic E-state index is 14.0. The molecule has 1 saturated heterocycles. The average molecular weight is 330 g/mol. The van der Waals surface area contributed by atoms with Crippen molar-refractivity contribution in [2.75, 3.05) is 19.7 Å². The number of hydrogen-bond acceptors (Lipinski definition) is 2. The lowest BCUT2D eigenvalue weighted by Crippen LogP contribution is -2.32. The smallest absolute Gasteiger partial charge is 0.129 e. The van der Waals surface area contributed by atoms with Gasteiger partial charge in [0, 0.05) is 29.1 Å². The molecule has 0 saturated carbocycles. The second kappa shape index (κ2) is 7.36. The summed E-state index contributed by atoms with van der Waals surface area (Å²) in [6.45, 7) is 4.77. The Morgan fingerprint density at radius 2 is 2.32 bits per heavy atom. The second-order valence-electron chi connectivity index (χ2n) is 5.06. The Morgan fingerprint density at radius 3 is 3.11 bits per heavy atom. The van der Waals surface area contributed by atoms with Crippen molar-refractivity contribution < 1.29 is 9.13 Å². The SMILES string of the molecule is CCCNCC1CCCOC1c1cc(Br)ccc1F. The van der Waals surface area contributed by atoms with Crippen molar-refractivity contribution in [1.82, 2.24) is 5.32 Å². The highest BCUT2D eigenvalue weighted by molar-refractivity contribution is 9.10. The molecule has 19 heavy (non-hydrogen) atoms. The third-order valence-corrected chi connectivity index (χ3v) is 4.04. The minimum absolute atomic E-state index is 0.129. The van der Waals surface area contributed by atoms with Crippen molar-refractivity contribution in [3.05, 3.63) is 34.1 Å². The molecule has 1 aliphatic rings. The summed E-state index contributed by atoms with van der Waals surface area (Å²) in [4.78, 5) is 0. The number of benzene rings is 1. The predicted molar refractivity (Wildman–Crippen MR) is 78.7 cm³/mol. The van der Waals surface area contributed by atoms with Gasteiger partial charge in [0.1, 0.15) is 5.82 Å². The minimum Gasteiger partial charge on any atom is -0.373 e. The van der Waals surface area contributed by atoms with Crippen molar-refractivity contribution >= 4 is 15.9 Å². The standard InChI is InChI=1S/C15H21BrFNO/c1-2-7-18-10-11-4-3-8-19-15(11)13-9-12(16)5-6-14(13)17/h5-6,9,11,15,18H,2-4,7-8,10H2,1H3. The summed E-state index contributed by atoms with van der Waals surface area (Å²) in [6, 6.07) is 5.08. The average Bonchev–Trinajstić information content (AvgIpc) is 2.42. The molecule has 0 aliphatic carbocycles. The Balaban J connectivity index is 2.11. The van der Waals surface area contributed by atoms with E-state index in [1.165, 1.54) is 6.07 Å². The van der Waals surface area contributed by atoms with E-state index in [2.05, 4.69) is 28.2 Å². The summed E-state index contributed by atoms with van der Waals surface area (Å²) < 4.78 is 20.7. The maximum Gasteiger partial charge on any atom is 0.129 e. The summed E-state index contributed by atoms with van der Waals surface area (Å²) >= 11 is 3.41. The first-order valence-corrected chi connectivity index (χ1v) is 7.79. The highest BCUT2D eigenvalue weighted by Crippen LogP contribution is 2.35. The molecule has 1 fully saturated rings. The van der Waals surface area contributed by atoms with Crippen LogP contribution in [-0.4, -0.2) is 19.7 Å². The number of rotatable bonds is 5. The minimum atomic E-state index is -0.171.